The third-order valence-electron chi connectivity index (χ3n) is 2.16. The highest BCUT2D eigenvalue weighted by Gasteiger charge is 2.56. The molecule has 0 heterocycles. The summed E-state index contributed by atoms with van der Waals surface area (Å²) in [5.41, 5.74) is -3.11. The van der Waals surface area contributed by atoms with Crippen molar-refractivity contribution >= 4 is 6.16 Å². The number of alkyl halides is 3. The van der Waals surface area contributed by atoms with Gasteiger partial charge in [-0.05, 0) is 6.92 Å². The smallest absolute Gasteiger partial charge is 0.450 e. The predicted molar refractivity (Wildman–Crippen MR) is 49.0 cm³/mol. The molecular formula is C10H9F3O3. The molecule has 0 aliphatic rings. The zero-order valence-electron chi connectivity index (χ0n) is 8.28. The second-order valence-electron chi connectivity index (χ2n) is 3.27. The van der Waals surface area contributed by atoms with E-state index in [2.05, 4.69) is 4.74 Å². The Labute approximate surface area is 89.5 Å². The highest BCUT2D eigenvalue weighted by Crippen LogP contribution is 2.41. The lowest BCUT2D eigenvalue weighted by Crippen LogP contribution is -2.43. The third-order valence-corrected chi connectivity index (χ3v) is 2.16. The Hall–Kier alpha value is -1.72. The van der Waals surface area contributed by atoms with Crippen LogP contribution in [0.5, 0.6) is 0 Å². The molecule has 1 atom stereocenters. The Morgan fingerprint density at radius 1 is 1.25 bits per heavy atom. The molecule has 0 spiro atoms. The van der Waals surface area contributed by atoms with E-state index in [1.165, 1.54) is 18.2 Å². The van der Waals surface area contributed by atoms with Gasteiger partial charge in [0.15, 0.2) is 0 Å². The van der Waals surface area contributed by atoms with Gasteiger partial charge < -0.3 is 9.84 Å². The van der Waals surface area contributed by atoms with Crippen LogP contribution in [0.3, 0.4) is 0 Å². The second-order valence-corrected chi connectivity index (χ2v) is 3.27. The summed E-state index contributed by atoms with van der Waals surface area (Å²) in [4.78, 5) is 10.3. The lowest BCUT2D eigenvalue weighted by molar-refractivity contribution is -0.261. The molecule has 1 aromatic rings. The van der Waals surface area contributed by atoms with Crippen LogP contribution < -0.4 is 0 Å². The lowest BCUT2D eigenvalue weighted by atomic mass is 9.95. The van der Waals surface area contributed by atoms with Gasteiger partial charge >= 0.3 is 12.3 Å². The molecule has 16 heavy (non-hydrogen) atoms. The molecule has 0 radical (unpaired) electrons. The highest BCUT2D eigenvalue weighted by molar-refractivity contribution is 5.58. The average Bonchev–Trinajstić information content (AvgIpc) is 2.16. The number of carboxylic acid groups (broad SMARTS) is 1. The van der Waals surface area contributed by atoms with Crippen LogP contribution in [0, 0.1) is 0 Å². The third kappa shape index (κ3) is 2.26. The van der Waals surface area contributed by atoms with E-state index in [-0.39, 0.29) is 5.56 Å². The molecule has 0 fully saturated rings. The molecule has 0 aliphatic heterocycles. The Morgan fingerprint density at radius 2 is 1.75 bits per heavy atom. The second kappa shape index (κ2) is 4.03. The molecule has 1 aromatic carbocycles. The van der Waals surface area contributed by atoms with Crippen molar-refractivity contribution < 1.29 is 27.8 Å². The molecule has 0 aromatic heterocycles. The maximum Gasteiger partial charge on any atom is 0.506 e. The summed E-state index contributed by atoms with van der Waals surface area (Å²) in [6.45, 7) is 0.677. The van der Waals surface area contributed by atoms with Crippen molar-refractivity contribution in [2.24, 2.45) is 0 Å². The number of hydrogen-bond donors (Lipinski definition) is 1. The molecule has 1 rings (SSSR count). The van der Waals surface area contributed by atoms with Crippen LogP contribution >= 0.6 is 0 Å². The molecule has 1 N–H and O–H groups in total. The van der Waals surface area contributed by atoms with Gasteiger partial charge in [-0.25, -0.2) is 4.79 Å². The van der Waals surface area contributed by atoms with Crippen LogP contribution in [-0.4, -0.2) is 17.4 Å². The van der Waals surface area contributed by atoms with Crippen molar-refractivity contribution in [2.75, 3.05) is 0 Å². The van der Waals surface area contributed by atoms with Gasteiger partial charge in [-0.2, -0.15) is 13.2 Å². The molecule has 0 aliphatic carbocycles. The van der Waals surface area contributed by atoms with Crippen molar-refractivity contribution in [1.82, 2.24) is 0 Å². The average molecular weight is 234 g/mol. The first-order valence-corrected chi connectivity index (χ1v) is 4.31. The molecule has 0 amide bonds. The predicted octanol–water partition coefficient (Wildman–Crippen LogP) is 3.16. The number of rotatable bonds is 2. The Kier molecular flexibility index (Phi) is 3.11. The molecule has 0 saturated carbocycles. The Morgan fingerprint density at radius 3 is 2.12 bits per heavy atom. The zero-order valence-corrected chi connectivity index (χ0v) is 8.28. The van der Waals surface area contributed by atoms with Gasteiger partial charge in [0.25, 0.3) is 0 Å². The van der Waals surface area contributed by atoms with Gasteiger partial charge in [0.05, 0.1) is 0 Å². The first-order valence-electron chi connectivity index (χ1n) is 4.31. The SMILES string of the molecule is CC(OC(=O)O)(c1ccccc1)C(F)(F)F. The van der Waals surface area contributed by atoms with Crippen LogP contribution in [0.2, 0.25) is 0 Å². The summed E-state index contributed by atoms with van der Waals surface area (Å²) in [6, 6.07) is 6.61. The summed E-state index contributed by atoms with van der Waals surface area (Å²) in [5, 5.41) is 8.35. The van der Waals surface area contributed by atoms with E-state index >= 15 is 0 Å². The number of hydrogen-bond acceptors (Lipinski definition) is 2. The van der Waals surface area contributed by atoms with Gasteiger partial charge in [-0.1, -0.05) is 30.3 Å². The Balaban J connectivity index is 3.21. The summed E-state index contributed by atoms with van der Waals surface area (Å²) >= 11 is 0. The van der Waals surface area contributed by atoms with Gasteiger partial charge in [-0.15, -0.1) is 0 Å². The largest absolute Gasteiger partial charge is 0.506 e. The Bertz CT molecular complexity index is 375. The molecule has 6 heteroatoms. The topological polar surface area (TPSA) is 46.5 Å². The van der Waals surface area contributed by atoms with E-state index in [0.717, 1.165) is 12.1 Å². The molecule has 88 valence electrons. The van der Waals surface area contributed by atoms with Crippen LogP contribution in [0.4, 0.5) is 18.0 Å². The van der Waals surface area contributed by atoms with Crippen LogP contribution in [-0.2, 0) is 10.3 Å². The van der Waals surface area contributed by atoms with Crippen molar-refractivity contribution in [1.29, 1.82) is 0 Å². The summed E-state index contributed by atoms with van der Waals surface area (Å²) < 4.78 is 42.3. The fraction of sp³-hybridized carbons (Fsp3) is 0.300. The number of halogens is 3. The number of benzene rings is 1. The maximum absolute atomic E-state index is 12.8. The number of carbonyl (C=O) groups is 1. The minimum atomic E-state index is -4.81. The van der Waals surface area contributed by atoms with E-state index < -0.39 is 17.9 Å². The van der Waals surface area contributed by atoms with Gasteiger partial charge in [0, 0.05) is 5.56 Å². The standard InChI is InChI=1S/C10H9F3O3/c1-9(10(11,12)13,16-8(14)15)7-5-3-2-4-6-7/h2-6H,1H3,(H,14,15). The fourth-order valence-corrected chi connectivity index (χ4v) is 1.21. The van der Waals surface area contributed by atoms with E-state index in [4.69, 9.17) is 5.11 Å². The van der Waals surface area contributed by atoms with E-state index in [9.17, 15) is 18.0 Å². The van der Waals surface area contributed by atoms with E-state index in [1.54, 1.807) is 0 Å². The minimum absolute atomic E-state index is 0.259. The number of ether oxygens (including phenoxy) is 1. The summed E-state index contributed by atoms with van der Waals surface area (Å²) in [6.07, 6.45) is -6.78. The van der Waals surface area contributed by atoms with E-state index in [0.29, 0.717) is 6.92 Å². The molecule has 0 bridgehead atoms. The van der Waals surface area contributed by atoms with Crippen molar-refractivity contribution in [3.05, 3.63) is 35.9 Å². The highest BCUT2D eigenvalue weighted by atomic mass is 19.4. The molecular weight excluding hydrogens is 225 g/mol. The molecule has 1 unspecified atom stereocenters. The van der Waals surface area contributed by atoms with Gasteiger partial charge in [0.2, 0.25) is 5.60 Å². The van der Waals surface area contributed by atoms with E-state index in [1.807, 2.05) is 0 Å². The van der Waals surface area contributed by atoms with Crippen molar-refractivity contribution in [2.45, 2.75) is 18.7 Å². The monoisotopic (exact) mass is 234 g/mol. The molecule has 0 saturated heterocycles. The summed E-state index contributed by atoms with van der Waals surface area (Å²) in [7, 11) is 0. The van der Waals surface area contributed by atoms with Crippen molar-refractivity contribution in [3.8, 4) is 0 Å². The first kappa shape index (κ1) is 12.4. The lowest BCUT2D eigenvalue weighted by Gasteiger charge is -2.30. The van der Waals surface area contributed by atoms with Crippen LogP contribution in [0.25, 0.3) is 0 Å². The first-order chi connectivity index (χ1) is 7.27. The zero-order chi connectivity index (χ0) is 12.4. The normalized spacial score (nSPS) is 15.2. The van der Waals surface area contributed by atoms with Gasteiger partial charge in [0.1, 0.15) is 0 Å². The maximum atomic E-state index is 12.8. The van der Waals surface area contributed by atoms with Crippen molar-refractivity contribution in [3.63, 3.8) is 0 Å². The van der Waals surface area contributed by atoms with Gasteiger partial charge in [-0.3, -0.25) is 0 Å². The quantitative estimate of drug-likeness (QED) is 0.799. The molecule has 3 nitrogen and oxygen atoms in total. The van der Waals surface area contributed by atoms with Crippen LogP contribution in [0.15, 0.2) is 30.3 Å². The fourth-order valence-electron chi connectivity index (χ4n) is 1.21. The minimum Gasteiger partial charge on any atom is -0.450 e. The summed E-state index contributed by atoms with van der Waals surface area (Å²) in [5.74, 6) is 0. The van der Waals surface area contributed by atoms with Crippen LogP contribution in [0.1, 0.15) is 12.5 Å².